The summed E-state index contributed by atoms with van der Waals surface area (Å²) in [6.45, 7) is 1.57. The van der Waals surface area contributed by atoms with Gasteiger partial charge in [-0.1, -0.05) is 36.4 Å². The number of aromatic hydroxyl groups is 1. The molecule has 9 heteroatoms. The summed E-state index contributed by atoms with van der Waals surface area (Å²) in [4.78, 5) is 53.2. The first kappa shape index (κ1) is 22.0. The highest BCUT2D eigenvalue weighted by molar-refractivity contribution is 6.23. The standard InChI is InChI=1S/C27H20FN3O5/c1-14-12-21(32)18-13-20-16(22(23(18)24(14)33)17-8-5-9-19(28)25(17)34)10-11-29-26(35)30(27(36)31(20)29)15-6-3-2-4-7-15/h2-10,12,20,22,34H,11,13H2,1H3/t20-,22-/m1/s1. The summed E-state index contributed by atoms with van der Waals surface area (Å²) in [5.74, 6) is -3.18. The van der Waals surface area contributed by atoms with E-state index in [1.165, 1.54) is 34.5 Å². The summed E-state index contributed by atoms with van der Waals surface area (Å²) in [6, 6.07) is 11.7. The molecule has 180 valence electrons. The van der Waals surface area contributed by atoms with E-state index in [9.17, 15) is 28.7 Å². The van der Waals surface area contributed by atoms with Crippen molar-refractivity contribution in [3.63, 3.8) is 0 Å². The number of aromatic nitrogens is 3. The molecule has 0 bridgehead atoms. The normalized spacial score (nSPS) is 20.9. The van der Waals surface area contributed by atoms with Crippen molar-refractivity contribution in [3.8, 4) is 11.4 Å². The van der Waals surface area contributed by atoms with Crippen molar-refractivity contribution in [3.05, 3.63) is 115 Å². The van der Waals surface area contributed by atoms with E-state index >= 15 is 0 Å². The van der Waals surface area contributed by atoms with E-state index < -0.39 is 34.9 Å². The maximum Gasteiger partial charge on any atom is 0.352 e. The summed E-state index contributed by atoms with van der Waals surface area (Å²) < 4.78 is 18.1. The predicted molar refractivity (Wildman–Crippen MR) is 128 cm³/mol. The molecule has 6 rings (SSSR count). The molecule has 3 aromatic rings. The number of phenols is 1. The van der Waals surface area contributed by atoms with Gasteiger partial charge in [0.2, 0.25) is 0 Å². The number of fused-ring (bicyclic) bond motifs is 3. The van der Waals surface area contributed by atoms with Gasteiger partial charge in [0.25, 0.3) is 0 Å². The Balaban J connectivity index is 1.61. The fraction of sp³-hybridized carbons (Fsp3) is 0.185. The molecule has 3 aliphatic rings. The number of allylic oxidation sites excluding steroid dienone is 6. The van der Waals surface area contributed by atoms with Gasteiger partial charge in [-0.05, 0) is 36.8 Å². The lowest BCUT2D eigenvalue weighted by Crippen LogP contribution is -2.40. The number of benzene rings is 2. The van der Waals surface area contributed by atoms with Crippen LogP contribution in [0.1, 0.15) is 30.9 Å². The lowest BCUT2D eigenvalue weighted by molar-refractivity contribution is -0.116. The van der Waals surface area contributed by atoms with E-state index in [2.05, 4.69) is 0 Å². The van der Waals surface area contributed by atoms with Gasteiger partial charge in [-0.25, -0.2) is 27.9 Å². The molecule has 0 radical (unpaired) electrons. The van der Waals surface area contributed by atoms with Crippen molar-refractivity contribution in [2.75, 3.05) is 0 Å². The molecular formula is C27H20FN3O5. The summed E-state index contributed by atoms with van der Waals surface area (Å²) in [6.07, 6.45) is 3.00. The van der Waals surface area contributed by atoms with Gasteiger partial charge >= 0.3 is 11.4 Å². The maximum atomic E-state index is 14.4. The first-order valence-electron chi connectivity index (χ1n) is 11.5. The topological polar surface area (TPSA) is 103 Å². The van der Waals surface area contributed by atoms with Crippen LogP contribution in [-0.2, 0) is 16.1 Å². The zero-order chi connectivity index (χ0) is 25.3. The number of hydrogen-bond acceptors (Lipinski definition) is 5. The van der Waals surface area contributed by atoms with E-state index in [0.717, 1.165) is 10.6 Å². The van der Waals surface area contributed by atoms with Gasteiger partial charge in [-0.15, -0.1) is 0 Å². The Bertz CT molecular complexity index is 1700. The summed E-state index contributed by atoms with van der Waals surface area (Å²) in [5.41, 5.74) is 0.581. The quantitative estimate of drug-likeness (QED) is 0.444. The maximum absolute atomic E-state index is 14.4. The van der Waals surface area contributed by atoms with Crippen LogP contribution in [0.4, 0.5) is 4.39 Å². The Morgan fingerprint density at radius 2 is 1.72 bits per heavy atom. The van der Waals surface area contributed by atoms with Crippen molar-refractivity contribution in [2.45, 2.75) is 31.8 Å². The summed E-state index contributed by atoms with van der Waals surface area (Å²) in [5, 5.41) is 10.6. The van der Waals surface area contributed by atoms with Crippen molar-refractivity contribution >= 4 is 11.6 Å². The number of para-hydroxylation sites is 2. The predicted octanol–water partition coefficient (Wildman–Crippen LogP) is 2.71. The third-order valence-corrected chi connectivity index (χ3v) is 7.18. The molecule has 0 unspecified atom stereocenters. The summed E-state index contributed by atoms with van der Waals surface area (Å²) in [7, 11) is 0. The average Bonchev–Trinajstić information content (AvgIpc) is 3.13. The minimum Gasteiger partial charge on any atom is -0.505 e. The van der Waals surface area contributed by atoms with Crippen molar-refractivity contribution < 1.29 is 19.1 Å². The van der Waals surface area contributed by atoms with Crippen LogP contribution in [0.2, 0.25) is 0 Å². The molecule has 1 aromatic heterocycles. The van der Waals surface area contributed by atoms with Crippen LogP contribution in [0.3, 0.4) is 0 Å². The number of halogens is 1. The first-order valence-corrected chi connectivity index (χ1v) is 11.5. The van der Waals surface area contributed by atoms with Crippen LogP contribution >= 0.6 is 0 Å². The van der Waals surface area contributed by atoms with E-state index in [-0.39, 0.29) is 46.8 Å². The molecule has 2 aliphatic carbocycles. The van der Waals surface area contributed by atoms with Crippen LogP contribution in [0.15, 0.2) is 92.6 Å². The van der Waals surface area contributed by atoms with Gasteiger partial charge in [0, 0.05) is 34.6 Å². The molecule has 0 saturated carbocycles. The van der Waals surface area contributed by atoms with Crippen molar-refractivity contribution in [1.29, 1.82) is 0 Å². The number of hydrogen-bond donors (Lipinski definition) is 1. The van der Waals surface area contributed by atoms with E-state index in [1.54, 1.807) is 36.4 Å². The second-order valence-corrected chi connectivity index (χ2v) is 9.11. The fourth-order valence-electron chi connectivity index (χ4n) is 5.55. The smallest absolute Gasteiger partial charge is 0.352 e. The number of Topliss-reactive ketones (excluding diaryl/α,β-unsaturated/α-hetero) is 1. The zero-order valence-electron chi connectivity index (χ0n) is 19.1. The highest BCUT2D eigenvalue weighted by Gasteiger charge is 2.45. The van der Waals surface area contributed by atoms with Crippen LogP contribution in [0.25, 0.3) is 5.69 Å². The Morgan fingerprint density at radius 1 is 0.972 bits per heavy atom. The van der Waals surface area contributed by atoms with Crippen LogP contribution in [0.5, 0.6) is 5.75 Å². The molecule has 0 saturated heterocycles. The lowest BCUT2D eigenvalue weighted by Gasteiger charge is -2.39. The highest BCUT2D eigenvalue weighted by atomic mass is 19.1. The number of rotatable bonds is 2. The third-order valence-electron chi connectivity index (χ3n) is 7.18. The molecule has 0 amide bonds. The highest BCUT2D eigenvalue weighted by Crippen LogP contribution is 2.51. The minimum absolute atomic E-state index is 0.0141. The molecule has 36 heavy (non-hydrogen) atoms. The van der Waals surface area contributed by atoms with Crippen molar-refractivity contribution in [1.82, 2.24) is 13.9 Å². The van der Waals surface area contributed by atoms with Gasteiger partial charge in [0.1, 0.15) is 0 Å². The Morgan fingerprint density at radius 3 is 2.47 bits per heavy atom. The SMILES string of the molecule is CC1=CC(=O)C2=C(C1=O)[C@@H](c1cccc(F)c1O)C1=CCn3c(=O)n(-c4ccccc4)c(=O)n3[C@@H]1C2. The number of carbonyl (C=O) groups excluding carboxylic acids is 2. The molecule has 8 nitrogen and oxygen atoms in total. The Kier molecular flexibility index (Phi) is 4.72. The van der Waals surface area contributed by atoms with Crippen molar-refractivity contribution in [2.24, 2.45) is 0 Å². The molecule has 2 heterocycles. The molecule has 0 spiro atoms. The van der Waals surface area contributed by atoms with Gasteiger partial charge in [0.15, 0.2) is 23.1 Å². The molecule has 0 fully saturated rings. The van der Waals surface area contributed by atoms with Gasteiger partial charge in [-0.2, -0.15) is 0 Å². The number of phenolic OH excluding ortho intramolecular Hbond substituents is 1. The van der Waals surface area contributed by atoms with E-state index in [0.29, 0.717) is 11.3 Å². The number of nitrogens with zero attached hydrogens (tertiary/aromatic N) is 3. The van der Waals surface area contributed by atoms with Gasteiger partial charge in [0.05, 0.1) is 18.3 Å². The van der Waals surface area contributed by atoms with Crippen LogP contribution in [-0.4, -0.2) is 30.6 Å². The second kappa shape index (κ2) is 7.74. The zero-order valence-corrected chi connectivity index (χ0v) is 19.1. The average molecular weight is 485 g/mol. The van der Waals surface area contributed by atoms with Crippen LogP contribution < -0.4 is 11.4 Å². The molecule has 2 atom stereocenters. The minimum atomic E-state index is -0.953. The van der Waals surface area contributed by atoms with Gasteiger partial charge < -0.3 is 5.11 Å². The molecule has 2 aromatic carbocycles. The summed E-state index contributed by atoms with van der Waals surface area (Å²) >= 11 is 0. The van der Waals surface area contributed by atoms with Crippen LogP contribution in [0, 0.1) is 5.82 Å². The molecule has 1 aliphatic heterocycles. The van der Waals surface area contributed by atoms with Gasteiger partial charge in [-0.3, -0.25) is 9.59 Å². The Hall–Kier alpha value is -4.53. The first-order chi connectivity index (χ1) is 17.3. The lowest BCUT2D eigenvalue weighted by atomic mass is 9.67. The Labute approximate surface area is 203 Å². The fourth-order valence-corrected chi connectivity index (χ4v) is 5.55. The van der Waals surface area contributed by atoms with E-state index in [1.807, 2.05) is 0 Å². The number of carbonyl (C=O) groups is 2. The monoisotopic (exact) mass is 485 g/mol. The largest absolute Gasteiger partial charge is 0.505 e. The third kappa shape index (κ3) is 2.92. The molecular weight excluding hydrogens is 465 g/mol. The van der Waals surface area contributed by atoms with E-state index in [4.69, 9.17) is 0 Å². The number of ketones is 2. The second-order valence-electron chi connectivity index (χ2n) is 9.11. The molecule has 1 N–H and O–H groups in total.